The molecular formula is C20H27N3O2. The molecule has 0 aliphatic carbocycles. The minimum absolute atomic E-state index is 0.00583. The Morgan fingerprint density at radius 2 is 1.88 bits per heavy atom. The molecule has 0 unspecified atom stereocenters. The number of rotatable bonds is 2. The van der Waals surface area contributed by atoms with Crippen LogP contribution in [0.2, 0.25) is 0 Å². The third-order valence-corrected chi connectivity index (χ3v) is 4.46. The van der Waals surface area contributed by atoms with Crippen LogP contribution < -0.4 is 0 Å². The van der Waals surface area contributed by atoms with E-state index in [4.69, 9.17) is 4.74 Å². The molecule has 0 radical (unpaired) electrons. The van der Waals surface area contributed by atoms with Crippen LogP contribution in [0.15, 0.2) is 36.4 Å². The van der Waals surface area contributed by atoms with Crippen LogP contribution in [0, 0.1) is 6.92 Å². The van der Waals surface area contributed by atoms with E-state index < -0.39 is 0 Å². The average molecular weight is 341 g/mol. The van der Waals surface area contributed by atoms with Gasteiger partial charge in [0.05, 0.1) is 18.2 Å². The first-order valence-corrected chi connectivity index (χ1v) is 8.82. The molecule has 2 heterocycles. The van der Waals surface area contributed by atoms with Crippen LogP contribution in [0.4, 0.5) is 0 Å². The predicted octanol–water partition coefficient (Wildman–Crippen LogP) is 3.55. The number of nitrogens with zero attached hydrogens (tertiary/aromatic N) is 3. The van der Waals surface area contributed by atoms with Gasteiger partial charge in [-0.3, -0.25) is 9.48 Å². The number of amides is 1. The molecule has 3 rings (SSSR count). The molecule has 1 aromatic carbocycles. The summed E-state index contributed by atoms with van der Waals surface area (Å²) < 4.78 is 7.97. The third-order valence-electron chi connectivity index (χ3n) is 4.46. The molecule has 1 aliphatic heterocycles. The van der Waals surface area contributed by atoms with Crippen molar-refractivity contribution in [3.8, 4) is 0 Å². The van der Waals surface area contributed by atoms with Crippen LogP contribution in [0.3, 0.4) is 0 Å². The maximum absolute atomic E-state index is 13.0. The molecule has 5 heteroatoms. The van der Waals surface area contributed by atoms with Crippen molar-refractivity contribution in [1.29, 1.82) is 0 Å². The molecule has 2 aromatic rings. The zero-order valence-corrected chi connectivity index (χ0v) is 15.7. The fourth-order valence-electron chi connectivity index (χ4n) is 3.39. The Bertz CT molecular complexity index is 746. The van der Waals surface area contributed by atoms with Gasteiger partial charge in [-0.2, -0.15) is 5.10 Å². The van der Waals surface area contributed by atoms with Crippen LogP contribution in [-0.2, 0) is 10.3 Å². The number of benzene rings is 1. The van der Waals surface area contributed by atoms with Gasteiger partial charge in [0.15, 0.2) is 5.69 Å². The van der Waals surface area contributed by atoms with E-state index in [1.54, 1.807) is 0 Å². The minimum atomic E-state index is -0.145. The number of aryl methyl sites for hydroxylation is 1. The first kappa shape index (κ1) is 17.7. The van der Waals surface area contributed by atoms with Crippen molar-refractivity contribution in [3.05, 3.63) is 53.3 Å². The Morgan fingerprint density at radius 3 is 2.48 bits per heavy atom. The molecule has 25 heavy (non-hydrogen) atoms. The first-order valence-electron chi connectivity index (χ1n) is 8.82. The molecule has 2 atom stereocenters. The molecule has 1 saturated heterocycles. The SMILES string of the molecule is Cc1cc(C(=O)N2C[C@@H](C)O[C@H](c3ccccc3)C2)nn1C(C)(C)C. The fourth-order valence-corrected chi connectivity index (χ4v) is 3.39. The Labute approximate surface area is 149 Å². The van der Waals surface area contributed by atoms with E-state index >= 15 is 0 Å². The quantitative estimate of drug-likeness (QED) is 0.839. The van der Waals surface area contributed by atoms with Gasteiger partial charge in [0.1, 0.15) is 6.10 Å². The van der Waals surface area contributed by atoms with E-state index in [2.05, 4.69) is 25.9 Å². The smallest absolute Gasteiger partial charge is 0.274 e. The number of carbonyl (C=O) groups is 1. The fraction of sp³-hybridized carbons (Fsp3) is 0.500. The second-order valence-corrected chi connectivity index (χ2v) is 7.81. The third kappa shape index (κ3) is 3.76. The number of aromatic nitrogens is 2. The van der Waals surface area contributed by atoms with Crippen molar-refractivity contribution in [2.45, 2.75) is 52.4 Å². The molecule has 1 amide bonds. The largest absolute Gasteiger partial charge is 0.367 e. The van der Waals surface area contributed by atoms with E-state index in [9.17, 15) is 4.79 Å². The maximum Gasteiger partial charge on any atom is 0.274 e. The van der Waals surface area contributed by atoms with Gasteiger partial charge in [0.2, 0.25) is 0 Å². The summed E-state index contributed by atoms with van der Waals surface area (Å²) in [5.41, 5.74) is 2.46. The van der Waals surface area contributed by atoms with Gasteiger partial charge in [-0.25, -0.2) is 0 Å². The zero-order chi connectivity index (χ0) is 18.2. The second kappa shape index (κ2) is 6.64. The van der Waals surface area contributed by atoms with E-state index in [1.807, 2.05) is 59.8 Å². The predicted molar refractivity (Wildman–Crippen MR) is 97.6 cm³/mol. The topological polar surface area (TPSA) is 47.4 Å². The summed E-state index contributed by atoms with van der Waals surface area (Å²) in [6, 6.07) is 12.0. The lowest BCUT2D eigenvalue weighted by molar-refractivity contribution is -0.0693. The standard InChI is InChI=1S/C20H27N3O2/c1-14-11-17(21-23(14)20(3,4)5)19(24)22-12-15(2)25-18(13-22)16-9-7-6-8-10-16/h6-11,15,18H,12-13H2,1-5H3/t15-,18+/m1/s1. The normalized spacial score (nSPS) is 21.4. The van der Waals surface area contributed by atoms with E-state index in [0.717, 1.165) is 11.3 Å². The van der Waals surface area contributed by atoms with Crippen molar-refractivity contribution in [2.75, 3.05) is 13.1 Å². The lowest BCUT2D eigenvalue weighted by atomic mass is 10.1. The molecule has 0 saturated carbocycles. The monoisotopic (exact) mass is 341 g/mol. The van der Waals surface area contributed by atoms with Gasteiger partial charge in [-0.05, 0) is 46.2 Å². The van der Waals surface area contributed by atoms with Gasteiger partial charge < -0.3 is 9.64 Å². The summed E-state index contributed by atoms with van der Waals surface area (Å²) in [6.45, 7) is 11.4. The van der Waals surface area contributed by atoms with Gasteiger partial charge in [-0.1, -0.05) is 30.3 Å². The van der Waals surface area contributed by atoms with E-state index in [0.29, 0.717) is 18.8 Å². The van der Waals surface area contributed by atoms with Gasteiger partial charge in [-0.15, -0.1) is 0 Å². The van der Waals surface area contributed by atoms with Crippen molar-refractivity contribution in [2.24, 2.45) is 0 Å². The van der Waals surface area contributed by atoms with Crippen LogP contribution >= 0.6 is 0 Å². The number of carbonyl (C=O) groups excluding carboxylic acids is 1. The number of hydrogen-bond donors (Lipinski definition) is 0. The van der Waals surface area contributed by atoms with Crippen LogP contribution in [0.1, 0.15) is 55.5 Å². The van der Waals surface area contributed by atoms with Crippen molar-refractivity contribution < 1.29 is 9.53 Å². The summed E-state index contributed by atoms with van der Waals surface area (Å²) in [5.74, 6) is -0.0258. The summed E-state index contributed by atoms with van der Waals surface area (Å²) in [5, 5.41) is 4.56. The zero-order valence-electron chi connectivity index (χ0n) is 15.7. The van der Waals surface area contributed by atoms with E-state index in [1.165, 1.54) is 0 Å². The Morgan fingerprint density at radius 1 is 1.20 bits per heavy atom. The molecule has 134 valence electrons. The van der Waals surface area contributed by atoms with Crippen molar-refractivity contribution in [1.82, 2.24) is 14.7 Å². The highest BCUT2D eigenvalue weighted by Crippen LogP contribution is 2.26. The van der Waals surface area contributed by atoms with Gasteiger partial charge in [0.25, 0.3) is 5.91 Å². The average Bonchev–Trinajstić information content (AvgIpc) is 2.96. The maximum atomic E-state index is 13.0. The van der Waals surface area contributed by atoms with Crippen molar-refractivity contribution >= 4 is 5.91 Å². The molecule has 1 fully saturated rings. The molecule has 0 bridgehead atoms. The minimum Gasteiger partial charge on any atom is -0.367 e. The highest BCUT2D eigenvalue weighted by Gasteiger charge is 2.31. The number of hydrogen-bond acceptors (Lipinski definition) is 3. The molecule has 0 spiro atoms. The highest BCUT2D eigenvalue weighted by atomic mass is 16.5. The number of ether oxygens (including phenoxy) is 1. The summed E-state index contributed by atoms with van der Waals surface area (Å²) in [7, 11) is 0. The second-order valence-electron chi connectivity index (χ2n) is 7.81. The lowest BCUT2D eigenvalue weighted by Crippen LogP contribution is -2.46. The molecular weight excluding hydrogens is 314 g/mol. The first-order chi connectivity index (χ1) is 11.8. The molecule has 5 nitrogen and oxygen atoms in total. The van der Waals surface area contributed by atoms with E-state index in [-0.39, 0.29) is 23.7 Å². The highest BCUT2D eigenvalue weighted by molar-refractivity contribution is 5.92. The van der Waals surface area contributed by atoms with Crippen LogP contribution in [0.25, 0.3) is 0 Å². The molecule has 1 aromatic heterocycles. The molecule has 1 aliphatic rings. The Hall–Kier alpha value is -2.14. The number of morpholine rings is 1. The summed E-state index contributed by atoms with van der Waals surface area (Å²) in [6.07, 6.45) is -0.103. The Balaban J connectivity index is 1.82. The van der Waals surface area contributed by atoms with Crippen molar-refractivity contribution in [3.63, 3.8) is 0 Å². The summed E-state index contributed by atoms with van der Waals surface area (Å²) >= 11 is 0. The van der Waals surface area contributed by atoms with Crippen LogP contribution in [-0.4, -0.2) is 39.8 Å². The lowest BCUT2D eigenvalue weighted by Gasteiger charge is -2.36. The van der Waals surface area contributed by atoms with Gasteiger partial charge in [0, 0.05) is 12.2 Å². The van der Waals surface area contributed by atoms with Crippen LogP contribution in [0.5, 0.6) is 0 Å². The summed E-state index contributed by atoms with van der Waals surface area (Å²) in [4.78, 5) is 14.9. The molecule has 0 N–H and O–H groups in total. The van der Waals surface area contributed by atoms with Gasteiger partial charge >= 0.3 is 0 Å². The Kier molecular flexibility index (Phi) is 4.69.